The number of carboxylic acids is 1. The number of carboxylic acid groups (broad SMARTS) is 1. The van der Waals surface area contributed by atoms with Crippen molar-refractivity contribution in [2.45, 2.75) is 18.9 Å². The fourth-order valence-electron chi connectivity index (χ4n) is 4.51. The molecule has 0 saturated carbocycles. The van der Waals surface area contributed by atoms with Crippen LogP contribution in [0.4, 0.5) is 5.69 Å². The van der Waals surface area contributed by atoms with Gasteiger partial charge in [-0.15, -0.1) is 0 Å². The third-order valence-corrected chi connectivity index (χ3v) is 7.15. The molecule has 2 aromatic carbocycles. The maximum absolute atomic E-state index is 12.7. The van der Waals surface area contributed by atoms with Crippen LogP contribution in [0, 0.1) is 5.92 Å². The molecule has 1 aliphatic rings. The van der Waals surface area contributed by atoms with Gasteiger partial charge in [-0.25, -0.2) is 4.79 Å². The van der Waals surface area contributed by atoms with E-state index in [1.165, 1.54) is 6.20 Å². The lowest BCUT2D eigenvalue weighted by Crippen LogP contribution is -2.51. The first-order chi connectivity index (χ1) is 17.4. The summed E-state index contributed by atoms with van der Waals surface area (Å²) < 4.78 is 30.6. The Hall–Kier alpha value is -3.76. The van der Waals surface area contributed by atoms with Crippen LogP contribution < -0.4 is 9.04 Å². The number of nitrogens with zero attached hydrogens (tertiary/aromatic N) is 3. The number of amides is 1. The van der Waals surface area contributed by atoms with Crippen LogP contribution in [0.5, 0.6) is 5.75 Å². The molecule has 36 heavy (non-hydrogen) atoms. The number of anilines is 1. The van der Waals surface area contributed by atoms with Crippen LogP contribution in [0.15, 0.2) is 73.1 Å². The highest BCUT2D eigenvalue weighted by molar-refractivity contribution is 7.80. The number of ether oxygens (including phenoxy) is 1. The van der Waals surface area contributed by atoms with E-state index >= 15 is 0 Å². The van der Waals surface area contributed by atoms with Gasteiger partial charge in [-0.3, -0.25) is 18.3 Å². The summed E-state index contributed by atoms with van der Waals surface area (Å²) in [7, 11) is 1.59. The monoisotopic (exact) mass is 508 g/mol. The second-order valence-corrected chi connectivity index (χ2v) is 9.30. The van der Waals surface area contributed by atoms with Crippen molar-refractivity contribution in [3.63, 3.8) is 0 Å². The summed E-state index contributed by atoms with van der Waals surface area (Å²) in [6.07, 6.45) is 3.80. The molecule has 3 aromatic rings. The first kappa shape index (κ1) is 25.3. The van der Waals surface area contributed by atoms with E-state index in [1.807, 2.05) is 24.3 Å². The first-order valence-electron chi connectivity index (χ1n) is 11.4. The Morgan fingerprint density at radius 2 is 1.69 bits per heavy atom. The number of carbonyl (C=O) groups is 2. The number of pyridine rings is 1. The Morgan fingerprint density at radius 3 is 2.19 bits per heavy atom. The van der Waals surface area contributed by atoms with Crippen LogP contribution >= 0.6 is 0 Å². The highest BCUT2D eigenvalue weighted by Crippen LogP contribution is 2.31. The van der Waals surface area contributed by atoms with Gasteiger partial charge in [0.2, 0.25) is 0 Å². The van der Waals surface area contributed by atoms with E-state index in [9.17, 15) is 23.5 Å². The van der Waals surface area contributed by atoms with E-state index in [4.69, 9.17) is 4.74 Å². The van der Waals surface area contributed by atoms with E-state index in [0.717, 1.165) is 21.2 Å². The molecule has 0 spiro atoms. The molecule has 2 heterocycles. The molecule has 0 bridgehead atoms. The maximum Gasteiger partial charge on any atom is 0.327 e. The van der Waals surface area contributed by atoms with Gasteiger partial charge in [-0.1, -0.05) is 24.3 Å². The molecule has 0 aliphatic carbocycles. The van der Waals surface area contributed by atoms with E-state index in [0.29, 0.717) is 31.5 Å². The maximum atomic E-state index is 12.7. The van der Waals surface area contributed by atoms with Crippen molar-refractivity contribution in [1.82, 2.24) is 9.88 Å². The number of methoxy groups -OCH3 is 1. The predicted octanol–water partition coefficient (Wildman–Crippen LogP) is 3.36. The molecule has 9 nitrogen and oxygen atoms in total. The summed E-state index contributed by atoms with van der Waals surface area (Å²) in [6, 6.07) is 16.2. The van der Waals surface area contributed by atoms with Crippen molar-refractivity contribution in [2.24, 2.45) is 5.92 Å². The normalized spacial score (nSPS) is 15.7. The highest BCUT2D eigenvalue weighted by Gasteiger charge is 2.38. The van der Waals surface area contributed by atoms with E-state index in [2.05, 4.69) is 4.98 Å². The zero-order valence-electron chi connectivity index (χ0n) is 19.6. The van der Waals surface area contributed by atoms with Crippen LogP contribution in [-0.4, -0.2) is 61.9 Å². The number of rotatable bonds is 8. The number of benzene rings is 2. The Kier molecular flexibility index (Phi) is 7.97. The number of piperidine rings is 1. The van der Waals surface area contributed by atoms with Crippen molar-refractivity contribution in [3.8, 4) is 16.9 Å². The number of hydrogen-bond donors (Lipinski definition) is 1. The zero-order valence-corrected chi connectivity index (χ0v) is 20.5. The van der Waals surface area contributed by atoms with Crippen molar-refractivity contribution in [2.75, 3.05) is 24.5 Å². The lowest BCUT2D eigenvalue weighted by molar-refractivity contribution is -0.140. The number of aliphatic carboxylic acids is 1. The van der Waals surface area contributed by atoms with Gasteiger partial charge >= 0.3 is 5.97 Å². The Labute approximate surface area is 211 Å². The summed E-state index contributed by atoms with van der Waals surface area (Å²) in [4.78, 5) is 30.6. The van der Waals surface area contributed by atoms with Gasteiger partial charge in [-0.05, 0) is 66.3 Å². The number of likely N-dealkylation sites (tertiary alicyclic amines) is 1. The first-order valence-corrected chi connectivity index (χ1v) is 12.5. The van der Waals surface area contributed by atoms with E-state index < -0.39 is 29.2 Å². The minimum Gasteiger partial charge on any atom is -0.755 e. The van der Waals surface area contributed by atoms with E-state index in [-0.39, 0.29) is 11.6 Å². The molecule has 0 radical (unpaired) electrons. The molecule has 1 N–H and O–H groups in total. The second-order valence-electron chi connectivity index (χ2n) is 8.47. The largest absolute Gasteiger partial charge is 0.755 e. The molecule has 1 aromatic heterocycles. The highest BCUT2D eigenvalue weighted by atomic mass is 32.2. The molecular weight excluding hydrogens is 482 g/mol. The van der Waals surface area contributed by atoms with Gasteiger partial charge in [0, 0.05) is 42.4 Å². The van der Waals surface area contributed by atoms with Crippen LogP contribution in [0.3, 0.4) is 0 Å². The minimum atomic E-state index is -2.81. The SMILES string of the molecule is COc1ccc(-c2ccc(N(C(C(=O)O)C3CCN(C(=O)c4cccnc4)CC3)S(=O)[O-])cc2)cc1. The summed E-state index contributed by atoms with van der Waals surface area (Å²) >= 11 is -2.81. The summed E-state index contributed by atoms with van der Waals surface area (Å²) in [5.41, 5.74) is 2.50. The van der Waals surface area contributed by atoms with Crippen molar-refractivity contribution in [1.29, 1.82) is 0 Å². The number of hydrogen-bond acceptors (Lipinski definition) is 6. The van der Waals surface area contributed by atoms with Gasteiger partial charge in [0.15, 0.2) is 0 Å². The zero-order chi connectivity index (χ0) is 25.7. The molecule has 188 valence electrons. The average molecular weight is 509 g/mol. The van der Waals surface area contributed by atoms with E-state index in [1.54, 1.807) is 54.6 Å². The van der Waals surface area contributed by atoms with Crippen LogP contribution in [-0.2, 0) is 16.1 Å². The Bertz CT molecular complexity index is 1210. The quantitative estimate of drug-likeness (QED) is 0.463. The van der Waals surface area contributed by atoms with Crippen LogP contribution in [0.1, 0.15) is 23.2 Å². The van der Waals surface area contributed by atoms with Gasteiger partial charge < -0.3 is 19.3 Å². The Balaban J connectivity index is 1.51. The van der Waals surface area contributed by atoms with Crippen LogP contribution in [0.25, 0.3) is 11.1 Å². The number of aromatic nitrogens is 1. The van der Waals surface area contributed by atoms with Crippen molar-refractivity contribution in [3.05, 3.63) is 78.6 Å². The standard InChI is InChI=1S/C26H27N3O6S/c1-35-23-10-6-19(7-11-23)18-4-8-22(9-5-18)29(36(33)34)24(26(31)32)20-12-15-28(16-13-20)25(30)21-3-2-14-27-17-21/h2-11,14,17,20,24H,12-13,15-16H2,1H3,(H,31,32)(H,33,34)/p-1. The van der Waals surface area contributed by atoms with Crippen LogP contribution in [0.2, 0.25) is 0 Å². The molecule has 10 heteroatoms. The van der Waals surface area contributed by atoms with Gasteiger partial charge in [0.25, 0.3) is 5.91 Å². The minimum absolute atomic E-state index is 0.174. The lowest BCUT2D eigenvalue weighted by atomic mass is 9.88. The van der Waals surface area contributed by atoms with Gasteiger partial charge in [-0.2, -0.15) is 0 Å². The molecule has 1 saturated heterocycles. The summed E-state index contributed by atoms with van der Waals surface area (Å²) in [5.74, 6) is -1.14. The molecule has 2 unspecified atom stereocenters. The molecule has 1 fully saturated rings. The third-order valence-electron chi connectivity index (χ3n) is 6.39. The second kappa shape index (κ2) is 11.3. The Morgan fingerprint density at radius 1 is 1.08 bits per heavy atom. The predicted molar refractivity (Wildman–Crippen MR) is 134 cm³/mol. The average Bonchev–Trinajstić information content (AvgIpc) is 2.91. The molecule has 1 amide bonds. The van der Waals surface area contributed by atoms with Gasteiger partial charge in [0.05, 0.1) is 12.7 Å². The van der Waals surface area contributed by atoms with Crippen molar-refractivity contribution < 1.29 is 28.2 Å². The molecule has 2 atom stereocenters. The molecular formula is C26H26N3O6S-. The fourth-order valence-corrected chi connectivity index (χ4v) is 5.25. The topological polar surface area (TPSA) is 123 Å². The van der Waals surface area contributed by atoms with Gasteiger partial charge in [0.1, 0.15) is 11.8 Å². The molecule has 4 rings (SSSR count). The molecule has 1 aliphatic heterocycles. The number of carbonyl (C=O) groups excluding carboxylic acids is 1. The fraction of sp³-hybridized carbons (Fsp3) is 0.269. The van der Waals surface area contributed by atoms with Crippen molar-refractivity contribution >= 4 is 28.8 Å². The lowest BCUT2D eigenvalue weighted by Gasteiger charge is -2.40. The smallest absolute Gasteiger partial charge is 0.327 e. The third kappa shape index (κ3) is 5.55. The summed E-state index contributed by atoms with van der Waals surface area (Å²) in [6.45, 7) is 0.663. The summed E-state index contributed by atoms with van der Waals surface area (Å²) in [5, 5.41) is 10.0.